The fourth-order valence-corrected chi connectivity index (χ4v) is 5.60. The van der Waals surface area contributed by atoms with Gasteiger partial charge in [-0.05, 0) is 70.4 Å². The van der Waals surface area contributed by atoms with Gasteiger partial charge in [-0.1, -0.05) is 58.6 Å². The first-order chi connectivity index (χ1) is 18.0. The van der Waals surface area contributed by atoms with Gasteiger partial charge in [-0.2, -0.15) is 4.68 Å². The fraction of sp³-hybridized carbons (Fsp3) is 0.222. The van der Waals surface area contributed by atoms with Gasteiger partial charge in [0.1, 0.15) is 6.04 Å². The molecule has 2 aliphatic rings. The average Bonchev–Trinajstić information content (AvgIpc) is 3.55. The van der Waals surface area contributed by atoms with Gasteiger partial charge in [-0.3, -0.25) is 0 Å². The molecule has 0 saturated carbocycles. The molecule has 3 aromatic carbocycles. The fourth-order valence-electron chi connectivity index (χ4n) is 5.27. The smallest absolute Gasteiger partial charge is 0.248 e. The summed E-state index contributed by atoms with van der Waals surface area (Å²) < 4.78 is 8.50. The number of ether oxygens (including phenoxy) is 1. The number of fused-ring (bicyclic) bond motifs is 2. The van der Waals surface area contributed by atoms with Crippen molar-refractivity contribution in [1.82, 2.24) is 30.4 Å². The quantitative estimate of drug-likeness (QED) is 0.307. The van der Waals surface area contributed by atoms with Crippen LogP contribution in [0.25, 0.3) is 0 Å². The zero-order chi connectivity index (χ0) is 25.6. The third-order valence-corrected chi connectivity index (χ3v) is 7.34. The molecule has 188 valence electrons. The molecule has 3 heterocycles. The number of tetrazole rings is 1. The summed E-state index contributed by atoms with van der Waals surface area (Å²) in [6.07, 6.45) is 2.02. The van der Waals surface area contributed by atoms with Crippen LogP contribution in [0.2, 0.25) is 10.0 Å². The van der Waals surface area contributed by atoms with Gasteiger partial charge in [-0.25, -0.2) is 0 Å². The minimum Gasteiger partial charge on any atom is -0.372 e. The molecule has 8 nitrogen and oxygen atoms in total. The first-order valence-corrected chi connectivity index (χ1v) is 12.8. The molecule has 0 spiro atoms. The van der Waals surface area contributed by atoms with Gasteiger partial charge in [0.05, 0.1) is 12.4 Å². The van der Waals surface area contributed by atoms with Gasteiger partial charge < -0.3 is 20.3 Å². The van der Waals surface area contributed by atoms with Crippen molar-refractivity contribution >= 4 is 34.8 Å². The third kappa shape index (κ3) is 3.92. The SMILES string of the molecule is CCOC(C1=CNCN1C)(c1ccc(Cl)cc1)c1ccc2c(c1)C(c1cccc(Cl)c1)n1nnnc1N2. The maximum Gasteiger partial charge on any atom is 0.248 e. The average molecular weight is 534 g/mol. The van der Waals surface area contributed by atoms with E-state index in [1.807, 2.05) is 61.7 Å². The largest absolute Gasteiger partial charge is 0.372 e. The molecule has 0 aliphatic carbocycles. The lowest BCUT2D eigenvalue weighted by Gasteiger charge is -2.39. The molecule has 0 saturated heterocycles. The van der Waals surface area contributed by atoms with E-state index in [4.69, 9.17) is 27.9 Å². The molecule has 0 bridgehead atoms. The van der Waals surface area contributed by atoms with E-state index in [0.29, 0.717) is 29.3 Å². The van der Waals surface area contributed by atoms with Gasteiger partial charge >= 0.3 is 0 Å². The number of benzene rings is 3. The van der Waals surface area contributed by atoms with E-state index in [2.05, 4.69) is 56.3 Å². The lowest BCUT2D eigenvalue weighted by molar-refractivity contribution is 0.00227. The van der Waals surface area contributed by atoms with Crippen LogP contribution in [-0.4, -0.2) is 45.4 Å². The predicted octanol–water partition coefficient (Wildman–Crippen LogP) is 5.29. The summed E-state index contributed by atoms with van der Waals surface area (Å²) in [5.74, 6) is 0.571. The summed E-state index contributed by atoms with van der Waals surface area (Å²) in [5, 5.41) is 20.4. The molecule has 2 atom stereocenters. The van der Waals surface area contributed by atoms with Crippen molar-refractivity contribution in [3.8, 4) is 0 Å². The molecule has 6 rings (SSSR count). The summed E-state index contributed by atoms with van der Waals surface area (Å²) >= 11 is 12.7. The van der Waals surface area contributed by atoms with Crippen LogP contribution in [0.4, 0.5) is 11.6 Å². The first kappa shape index (κ1) is 23.8. The molecule has 1 aromatic heterocycles. The van der Waals surface area contributed by atoms with E-state index >= 15 is 0 Å². The molecule has 0 radical (unpaired) electrons. The van der Waals surface area contributed by atoms with E-state index < -0.39 is 5.60 Å². The van der Waals surface area contributed by atoms with Gasteiger partial charge in [0.25, 0.3) is 0 Å². The highest BCUT2D eigenvalue weighted by Crippen LogP contribution is 2.46. The molecule has 2 unspecified atom stereocenters. The molecule has 2 N–H and O–H groups in total. The number of likely N-dealkylation sites (N-methyl/N-ethyl adjacent to an activating group) is 1. The van der Waals surface area contributed by atoms with Crippen molar-refractivity contribution < 1.29 is 4.74 Å². The Hall–Kier alpha value is -3.59. The maximum absolute atomic E-state index is 6.72. The topological polar surface area (TPSA) is 80.1 Å². The second-order valence-electron chi connectivity index (χ2n) is 9.04. The van der Waals surface area contributed by atoms with E-state index in [9.17, 15) is 0 Å². The number of nitrogens with one attached hydrogen (secondary N) is 2. The molecular formula is C27H25Cl2N7O. The van der Waals surface area contributed by atoms with E-state index in [1.165, 1.54) is 0 Å². The first-order valence-electron chi connectivity index (χ1n) is 12.0. The molecular weight excluding hydrogens is 509 g/mol. The normalized spacial score (nSPS) is 17.8. The highest BCUT2D eigenvalue weighted by molar-refractivity contribution is 6.30. The Morgan fingerprint density at radius 3 is 2.57 bits per heavy atom. The van der Waals surface area contributed by atoms with Crippen molar-refractivity contribution in [2.45, 2.75) is 18.6 Å². The van der Waals surface area contributed by atoms with E-state index in [-0.39, 0.29) is 6.04 Å². The Morgan fingerprint density at radius 1 is 1.03 bits per heavy atom. The number of hydrogen-bond acceptors (Lipinski definition) is 7. The Balaban J connectivity index is 1.59. The molecule has 10 heteroatoms. The van der Waals surface area contributed by atoms with Crippen LogP contribution in [0, 0.1) is 0 Å². The number of anilines is 2. The van der Waals surface area contributed by atoms with E-state index in [0.717, 1.165) is 33.6 Å². The predicted molar refractivity (Wildman–Crippen MR) is 144 cm³/mol. The number of halogens is 2. The Kier molecular flexibility index (Phi) is 6.03. The Bertz CT molecular complexity index is 1490. The highest BCUT2D eigenvalue weighted by Gasteiger charge is 2.44. The molecule has 4 aromatic rings. The number of nitrogens with zero attached hydrogens (tertiary/aromatic N) is 5. The summed E-state index contributed by atoms with van der Waals surface area (Å²) in [7, 11) is 2.05. The third-order valence-electron chi connectivity index (χ3n) is 6.85. The highest BCUT2D eigenvalue weighted by atomic mass is 35.5. The summed E-state index contributed by atoms with van der Waals surface area (Å²) in [6, 6.07) is 21.7. The molecule has 0 fully saturated rings. The zero-order valence-electron chi connectivity index (χ0n) is 20.3. The molecule has 2 aliphatic heterocycles. The second kappa shape index (κ2) is 9.37. The van der Waals surface area contributed by atoms with Crippen LogP contribution < -0.4 is 10.6 Å². The van der Waals surface area contributed by atoms with Gasteiger partial charge in [-0.15, -0.1) is 0 Å². The minimum absolute atomic E-state index is 0.280. The lowest BCUT2D eigenvalue weighted by Crippen LogP contribution is -2.39. The van der Waals surface area contributed by atoms with Gasteiger partial charge in [0, 0.05) is 41.2 Å². The van der Waals surface area contributed by atoms with Crippen LogP contribution in [0.3, 0.4) is 0 Å². The summed E-state index contributed by atoms with van der Waals surface area (Å²) in [5.41, 5.74) is 4.98. The molecule has 37 heavy (non-hydrogen) atoms. The van der Waals surface area contributed by atoms with Gasteiger partial charge in [0.15, 0.2) is 5.60 Å². The monoisotopic (exact) mass is 533 g/mol. The van der Waals surface area contributed by atoms with Crippen LogP contribution in [0.5, 0.6) is 0 Å². The standard InChI is InChI=1S/C27H25Cl2N7O/c1-3-37-27(24-15-30-16-35(24)2,18-7-10-20(28)11-8-18)19-9-12-23-22(14-19)25(17-5-4-6-21(29)13-17)36-26(31-23)32-33-34-36/h4-15,25,30H,3,16H2,1-2H3,(H,31,32,34). The van der Waals surface area contributed by atoms with Crippen LogP contribution in [0.1, 0.15) is 35.2 Å². The van der Waals surface area contributed by atoms with Crippen molar-refractivity contribution in [2.24, 2.45) is 0 Å². The van der Waals surface area contributed by atoms with Crippen molar-refractivity contribution in [3.63, 3.8) is 0 Å². The number of hydrogen-bond donors (Lipinski definition) is 2. The summed E-state index contributed by atoms with van der Waals surface area (Å²) in [4.78, 5) is 2.16. The van der Waals surface area contributed by atoms with Crippen molar-refractivity contribution in [1.29, 1.82) is 0 Å². The molecule has 0 amide bonds. The summed E-state index contributed by atoms with van der Waals surface area (Å²) in [6.45, 7) is 3.19. The van der Waals surface area contributed by atoms with Crippen LogP contribution in [0.15, 0.2) is 78.6 Å². The van der Waals surface area contributed by atoms with E-state index in [1.54, 1.807) is 4.68 Å². The van der Waals surface area contributed by atoms with Crippen molar-refractivity contribution in [2.75, 3.05) is 25.6 Å². The van der Waals surface area contributed by atoms with Crippen LogP contribution in [-0.2, 0) is 10.3 Å². The second-order valence-corrected chi connectivity index (χ2v) is 9.92. The Morgan fingerprint density at radius 2 is 1.84 bits per heavy atom. The van der Waals surface area contributed by atoms with Crippen molar-refractivity contribution in [3.05, 3.63) is 111 Å². The van der Waals surface area contributed by atoms with Crippen LogP contribution >= 0.6 is 23.2 Å². The zero-order valence-corrected chi connectivity index (χ0v) is 21.8. The number of aromatic nitrogens is 4. The number of rotatable bonds is 6. The Labute approximate surface area is 224 Å². The van der Waals surface area contributed by atoms with Gasteiger partial charge in [0.2, 0.25) is 5.95 Å². The maximum atomic E-state index is 6.72. The minimum atomic E-state index is -0.883. The lowest BCUT2D eigenvalue weighted by atomic mass is 9.80.